The van der Waals surface area contributed by atoms with Crippen LogP contribution in [0.25, 0.3) is 0 Å². The number of oxime groups is 1. The molecule has 0 atom stereocenters. The Labute approximate surface area is 87.5 Å². The zero-order valence-corrected chi connectivity index (χ0v) is 8.82. The molecule has 1 rings (SSSR count). The molecule has 0 radical (unpaired) electrons. The standard InChI is InChI=1S/C8H11N3O3S/c1-15(13,14)11-7-4-2-3-6(5-7)8(9)10-12/h2-5,11-12H,1H3,(H2,9,10). The number of rotatable bonds is 3. The first-order chi connectivity index (χ1) is 6.92. The van der Waals surface area contributed by atoms with E-state index in [1.807, 2.05) is 0 Å². The number of nitrogens with zero attached hydrogens (tertiary/aromatic N) is 1. The van der Waals surface area contributed by atoms with Crippen molar-refractivity contribution in [3.05, 3.63) is 29.8 Å². The fourth-order valence-electron chi connectivity index (χ4n) is 1.01. The maximum Gasteiger partial charge on any atom is 0.229 e. The van der Waals surface area contributed by atoms with E-state index >= 15 is 0 Å². The topological polar surface area (TPSA) is 105 Å². The molecule has 0 saturated heterocycles. The van der Waals surface area contributed by atoms with Gasteiger partial charge in [-0.2, -0.15) is 0 Å². The van der Waals surface area contributed by atoms with Crippen molar-refractivity contribution in [2.24, 2.45) is 10.9 Å². The van der Waals surface area contributed by atoms with E-state index in [1.165, 1.54) is 6.07 Å². The zero-order valence-electron chi connectivity index (χ0n) is 8.01. The van der Waals surface area contributed by atoms with E-state index in [-0.39, 0.29) is 5.84 Å². The van der Waals surface area contributed by atoms with Gasteiger partial charge < -0.3 is 10.9 Å². The van der Waals surface area contributed by atoms with Gasteiger partial charge in [-0.25, -0.2) is 8.42 Å². The van der Waals surface area contributed by atoms with Crippen LogP contribution in [-0.2, 0) is 10.0 Å². The predicted molar refractivity (Wildman–Crippen MR) is 57.4 cm³/mol. The average molecular weight is 229 g/mol. The first kappa shape index (κ1) is 11.3. The molecule has 0 unspecified atom stereocenters. The molecule has 82 valence electrons. The van der Waals surface area contributed by atoms with E-state index in [9.17, 15) is 8.42 Å². The van der Waals surface area contributed by atoms with Crippen LogP contribution in [0.15, 0.2) is 29.4 Å². The van der Waals surface area contributed by atoms with Crippen LogP contribution in [0.1, 0.15) is 5.56 Å². The largest absolute Gasteiger partial charge is 0.409 e. The van der Waals surface area contributed by atoms with E-state index in [4.69, 9.17) is 10.9 Å². The summed E-state index contributed by atoms with van der Waals surface area (Å²) in [5, 5.41) is 11.2. The van der Waals surface area contributed by atoms with Gasteiger partial charge >= 0.3 is 0 Å². The Morgan fingerprint density at radius 3 is 2.73 bits per heavy atom. The maximum atomic E-state index is 10.9. The smallest absolute Gasteiger partial charge is 0.229 e. The van der Waals surface area contributed by atoms with Crippen LogP contribution in [0.5, 0.6) is 0 Å². The maximum absolute atomic E-state index is 10.9. The number of benzene rings is 1. The predicted octanol–water partition coefficient (Wildman–Crippen LogP) is 0.153. The average Bonchev–Trinajstić information content (AvgIpc) is 2.14. The number of hydrogen-bond donors (Lipinski definition) is 3. The van der Waals surface area contributed by atoms with Gasteiger partial charge in [0.15, 0.2) is 5.84 Å². The second-order valence-corrected chi connectivity index (χ2v) is 4.69. The number of anilines is 1. The Bertz CT molecular complexity index is 482. The minimum Gasteiger partial charge on any atom is -0.409 e. The highest BCUT2D eigenvalue weighted by atomic mass is 32.2. The summed E-state index contributed by atoms with van der Waals surface area (Å²) in [6.07, 6.45) is 1.04. The van der Waals surface area contributed by atoms with Crippen molar-refractivity contribution in [1.82, 2.24) is 0 Å². The molecule has 0 fully saturated rings. The van der Waals surface area contributed by atoms with E-state index in [0.29, 0.717) is 11.3 Å². The Kier molecular flexibility index (Phi) is 3.15. The van der Waals surface area contributed by atoms with E-state index in [0.717, 1.165) is 6.26 Å². The van der Waals surface area contributed by atoms with E-state index in [2.05, 4.69) is 9.88 Å². The van der Waals surface area contributed by atoms with Crippen LogP contribution in [0, 0.1) is 0 Å². The molecule has 0 aliphatic heterocycles. The second-order valence-electron chi connectivity index (χ2n) is 2.94. The summed E-state index contributed by atoms with van der Waals surface area (Å²) < 4.78 is 24.1. The van der Waals surface area contributed by atoms with Gasteiger partial charge in [0.25, 0.3) is 0 Å². The van der Waals surface area contributed by atoms with Gasteiger partial charge in [0.2, 0.25) is 10.0 Å². The zero-order chi connectivity index (χ0) is 11.5. The summed E-state index contributed by atoms with van der Waals surface area (Å²) in [5.41, 5.74) is 6.15. The van der Waals surface area contributed by atoms with Crippen LogP contribution < -0.4 is 10.5 Å². The lowest BCUT2D eigenvalue weighted by atomic mass is 10.2. The van der Waals surface area contributed by atoms with Crippen LogP contribution in [0.4, 0.5) is 5.69 Å². The molecule has 0 amide bonds. The first-order valence-electron chi connectivity index (χ1n) is 3.98. The Morgan fingerprint density at radius 1 is 1.53 bits per heavy atom. The van der Waals surface area contributed by atoms with Gasteiger partial charge in [-0.05, 0) is 12.1 Å². The minimum atomic E-state index is -3.32. The van der Waals surface area contributed by atoms with Crippen molar-refractivity contribution < 1.29 is 13.6 Å². The molecule has 0 aliphatic carbocycles. The summed E-state index contributed by atoms with van der Waals surface area (Å²) in [6.45, 7) is 0. The van der Waals surface area contributed by atoms with Crippen LogP contribution >= 0.6 is 0 Å². The third-order valence-electron chi connectivity index (χ3n) is 1.57. The van der Waals surface area contributed by atoms with Crippen molar-refractivity contribution in [2.75, 3.05) is 11.0 Å². The molecule has 0 bridgehead atoms. The molecule has 7 heteroatoms. The second kappa shape index (κ2) is 4.18. The molecule has 15 heavy (non-hydrogen) atoms. The molecular formula is C8H11N3O3S. The van der Waals surface area contributed by atoms with Gasteiger partial charge in [-0.1, -0.05) is 17.3 Å². The van der Waals surface area contributed by atoms with Crippen LogP contribution in [0.3, 0.4) is 0 Å². The first-order valence-corrected chi connectivity index (χ1v) is 5.87. The van der Waals surface area contributed by atoms with Crippen molar-refractivity contribution in [2.45, 2.75) is 0 Å². The fraction of sp³-hybridized carbons (Fsp3) is 0.125. The minimum absolute atomic E-state index is 0.0767. The molecule has 1 aromatic carbocycles. The SMILES string of the molecule is CS(=O)(=O)Nc1cccc(C(N)=NO)c1. The third-order valence-corrected chi connectivity index (χ3v) is 2.18. The Morgan fingerprint density at radius 2 is 2.20 bits per heavy atom. The number of hydrogen-bond acceptors (Lipinski definition) is 4. The number of amidine groups is 1. The lowest BCUT2D eigenvalue weighted by Gasteiger charge is -2.05. The highest BCUT2D eigenvalue weighted by molar-refractivity contribution is 7.92. The molecule has 0 spiro atoms. The molecule has 0 heterocycles. The summed E-state index contributed by atoms with van der Waals surface area (Å²) in [4.78, 5) is 0. The van der Waals surface area contributed by atoms with Gasteiger partial charge in [-0.3, -0.25) is 4.72 Å². The fourth-order valence-corrected chi connectivity index (χ4v) is 1.57. The monoisotopic (exact) mass is 229 g/mol. The lowest BCUT2D eigenvalue weighted by Crippen LogP contribution is -2.14. The van der Waals surface area contributed by atoms with Gasteiger partial charge in [0, 0.05) is 11.3 Å². The number of nitrogens with two attached hydrogens (primary N) is 1. The number of sulfonamides is 1. The third kappa shape index (κ3) is 3.47. The molecule has 0 aromatic heterocycles. The molecule has 0 aliphatic rings. The van der Waals surface area contributed by atoms with Crippen molar-refractivity contribution in [3.63, 3.8) is 0 Å². The summed E-state index contributed by atoms with van der Waals surface area (Å²) >= 11 is 0. The Balaban J connectivity index is 3.04. The highest BCUT2D eigenvalue weighted by Crippen LogP contribution is 2.11. The van der Waals surface area contributed by atoms with Gasteiger partial charge in [0.05, 0.1) is 6.26 Å². The summed E-state index contributed by atoms with van der Waals surface area (Å²) in [6, 6.07) is 6.23. The lowest BCUT2D eigenvalue weighted by molar-refractivity contribution is 0.318. The molecule has 0 saturated carbocycles. The van der Waals surface area contributed by atoms with Gasteiger partial charge in [-0.15, -0.1) is 0 Å². The van der Waals surface area contributed by atoms with Crippen molar-refractivity contribution >= 4 is 21.5 Å². The van der Waals surface area contributed by atoms with Crippen molar-refractivity contribution in [1.29, 1.82) is 0 Å². The van der Waals surface area contributed by atoms with Crippen LogP contribution in [0.2, 0.25) is 0 Å². The van der Waals surface area contributed by atoms with E-state index < -0.39 is 10.0 Å². The highest BCUT2D eigenvalue weighted by Gasteiger charge is 2.04. The van der Waals surface area contributed by atoms with E-state index in [1.54, 1.807) is 18.2 Å². The van der Waals surface area contributed by atoms with Crippen molar-refractivity contribution in [3.8, 4) is 0 Å². The summed E-state index contributed by atoms with van der Waals surface area (Å²) in [7, 11) is -3.32. The molecule has 1 aromatic rings. The quantitative estimate of drug-likeness (QED) is 0.297. The Hall–Kier alpha value is -1.76. The van der Waals surface area contributed by atoms with Crippen LogP contribution in [-0.4, -0.2) is 25.7 Å². The molecule has 6 nitrogen and oxygen atoms in total. The summed E-state index contributed by atoms with van der Waals surface area (Å²) in [5.74, 6) is -0.0767. The molecular weight excluding hydrogens is 218 g/mol. The normalized spacial score (nSPS) is 12.5. The number of nitrogens with one attached hydrogen (secondary N) is 1. The molecule has 4 N–H and O–H groups in total. The van der Waals surface area contributed by atoms with Gasteiger partial charge in [0.1, 0.15) is 0 Å².